The first-order valence-corrected chi connectivity index (χ1v) is 14.6. The number of rotatable bonds is 11. The highest BCUT2D eigenvalue weighted by atomic mass is 32.2. The van der Waals surface area contributed by atoms with Crippen LogP contribution in [0.25, 0.3) is 10.2 Å². The van der Waals surface area contributed by atoms with Crippen LogP contribution in [0.2, 0.25) is 0 Å². The molecule has 0 N–H and O–H groups in total. The highest BCUT2D eigenvalue weighted by Crippen LogP contribution is 2.32. The van der Waals surface area contributed by atoms with Gasteiger partial charge in [-0.3, -0.25) is 14.0 Å². The fourth-order valence-corrected chi connectivity index (χ4v) is 6.55. The van der Waals surface area contributed by atoms with Crippen LogP contribution >= 0.6 is 11.3 Å². The monoisotopic (exact) mass is 552 g/mol. The van der Waals surface area contributed by atoms with Gasteiger partial charge in [0.05, 0.1) is 27.9 Å². The number of amides is 1. The third-order valence-corrected chi connectivity index (χ3v) is 9.04. The Morgan fingerprint density at radius 1 is 0.974 bits per heavy atom. The molecule has 200 valence electrons. The number of nitrogens with zero attached hydrogens (tertiary/aromatic N) is 4. The van der Waals surface area contributed by atoms with Gasteiger partial charge in [-0.1, -0.05) is 29.5 Å². The maximum Gasteiger partial charge on any atom is 0.264 e. The normalized spacial score (nSPS) is 11.6. The number of sulfonamides is 1. The summed E-state index contributed by atoms with van der Waals surface area (Å²) >= 11 is 1.44. The van der Waals surface area contributed by atoms with Crippen molar-refractivity contribution in [2.24, 2.45) is 0 Å². The Morgan fingerprint density at radius 2 is 1.68 bits per heavy atom. The smallest absolute Gasteiger partial charge is 0.264 e. The summed E-state index contributed by atoms with van der Waals surface area (Å²) < 4.78 is 34.4. The average molecular weight is 553 g/mol. The molecule has 38 heavy (non-hydrogen) atoms. The fourth-order valence-electron chi connectivity index (χ4n) is 4.10. The number of carbonyl (C=O) groups is 1. The summed E-state index contributed by atoms with van der Waals surface area (Å²) in [5, 5.41) is 0.593. The molecule has 0 radical (unpaired) electrons. The Morgan fingerprint density at radius 3 is 2.32 bits per heavy atom. The summed E-state index contributed by atoms with van der Waals surface area (Å²) in [6.45, 7) is 3.37. The zero-order valence-electron chi connectivity index (χ0n) is 22.0. The van der Waals surface area contributed by atoms with Gasteiger partial charge in [-0.05, 0) is 82.5 Å². The average Bonchev–Trinajstić information content (AvgIpc) is 3.34. The van der Waals surface area contributed by atoms with E-state index in [4.69, 9.17) is 9.72 Å². The van der Waals surface area contributed by atoms with Gasteiger partial charge in [0.1, 0.15) is 5.75 Å². The lowest BCUT2D eigenvalue weighted by atomic mass is 10.2. The van der Waals surface area contributed by atoms with E-state index < -0.39 is 10.0 Å². The number of hydrogen-bond acceptors (Lipinski definition) is 7. The van der Waals surface area contributed by atoms with E-state index in [0.29, 0.717) is 28.7 Å². The molecular weight excluding hydrogens is 520 g/mol. The van der Waals surface area contributed by atoms with Gasteiger partial charge in [0.15, 0.2) is 5.13 Å². The highest BCUT2D eigenvalue weighted by molar-refractivity contribution is 7.92. The Hall–Kier alpha value is -3.47. The van der Waals surface area contributed by atoms with Crippen LogP contribution in [-0.4, -0.2) is 65.0 Å². The summed E-state index contributed by atoms with van der Waals surface area (Å²) in [5.41, 5.74) is 1.75. The quantitative estimate of drug-likeness (QED) is 0.257. The maximum atomic E-state index is 13.7. The molecule has 0 aliphatic carbocycles. The predicted molar refractivity (Wildman–Crippen MR) is 154 cm³/mol. The second-order valence-electron chi connectivity index (χ2n) is 8.97. The molecule has 10 heteroatoms. The van der Waals surface area contributed by atoms with E-state index in [1.807, 2.05) is 38.4 Å². The van der Waals surface area contributed by atoms with E-state index in [9.17, 15) is 13.2 Å². The standard InChI is InChI=1S/C28H32N4O4S2/c1-5-32(22-10-7-6-8-11-22)38(34,35)24-15-12-21(13-16-24)27(33)31(19-9-18-30(2)3)28-29-25-20-23(36-4)14-17-26(25)37-28/h6-8,10-17,20H,5,9,18-19H2,1-4H3. The second kappa shape index (κ2) is 11.9. The van der Waals surface area contributed by atoms with Gasteiger partial charge in [-0.2, -0.15) is 0 Å². The molecule has 1 amide bonds. The van der Waals surface area contributed by atoms with Gasteiger partial charge in [0.2, 0.25) is 0 Å². The number of hydrogen-bond donors (Lipinski definition) is 0. The molecule has 0 saturated carbocycles. The number of benzene rings is 3. The minimum absolute atomic E-state index is 0.131. The van der Waals surface area contributed by atoms with Crippen molar-refractivity contribution in [3.63, 3.8) is 0 Å². The summed E-state index contributed by atoms with van der Waals surface area (Å²) in [7, 11) is 1.80. The van der Waals surface area contributed by atoms with E-state index in [2.05, 4.69) is 4.90 Å². The Kier molecular flexibility index (Phi) is 8.65. The minimum Gasteiger partial charge on any atom is -0.497 e. The van der Waals surface area contributed by atoms with Crippen LogP contribution in [-0.2, 0) is 10.0 Å². The molecule has 0 bridgehead atoms. The molecule has 0 aliphatic rings. The van der Waals surface area contributed by atoms with Gasteiger partial charge in [-0.15, -0.1) is 0 Å². The number of para-hydroxylation sites is 1. The number of carbonyl (C=O) groups excluding carboxylic acids is 1. The molecule has 0 unspecified atom stereocenters. The predicted octanol–water partition coefficient (Wildman–Crippen LogP) is 5.12. The SMILES string of the molecule is CCN(c1ccccc1)S(=O)(=O)c1ccc(C(=O)N(CCCN(C)C)c2nc3cc(OC)ccc3s2)cc1. The molecule has 3 aromatic carbocycles. The van der Waals surface area contributed by atoms with Crippen LogP contribution in [0.3, 0.4) is 0 Å². The highest BCUT2D eigenvalue weighted by Gasteiger charge is 2.25. The number of thiazole rings is 1. The van der Waals surface area contributed by atoms with Crippen molar-refractivity contribution in [3.8, 4) is 5.75 Å². The Balaban J connectivity index is 1.63. The van der Waals surface area contributed by atoms with Gasteiger partial charge < -0.3 is 9.64 Å². The van der Waals surface area contributed by atoms with Gasteiger partial charge in [0, 0.05) is 24.7 Å². The number of ether oxygens (including phenoxy) is 1. The molecule has 1 aromatic heterocycles. The fraction of sp³-hybridized carbons (Fsp3) is 0.286. The van der Waals surface area contributed by atoms with Crippen molar-refractivity contribution >= 4 is 48.3 Å². The van der Waals surface area contributed by atoms with E-state index in [-0.39, 0.29) is 17.3 Å². The van der Waals surface area contributed by atoms with Crippen molar-refractivity contribution in [1.29, 1.82) is 0 Å². The first-order valence-electron chi connectivity index (χ1n) is 12.3. The number of anilines is 2. The van der Waals surface area contributed by atoms with Crippen LogP contribution < -0.4 is 13.9 Å². The van der Waals surface area contributed by atoms with Crippen LogP contribution in [0.15, 0.2) is 77.7 Å². The summed E-state index contributed by atoms with van der Waals surface area (Å²) in [6, 6.07) is 20.8. The second-order valence-corrected chi connectivity index (χ2v) is 11.8. The van der Waals surface area contributed by atoms with Crippen LogP contribution in [0.5, 0.6) is 5.75 Å². The lowest BCUT2D eigenvalue weighted by Gasteiger charge is -2.23. The van der Waals surface area contributed by atoms with Crippen molar-refractivity contribution in [2.75, 3.05) is 50.0 Å². The van der Waals surface area contributed by atoms with Crippen molar-refractivity contribution in [2.45, 2.75) is 18.2 Å². The molecule has 8 nitrogen and oxygen atoms in total. The van der Waals surface area contributed by atoms with Gasteiger partial charge >= 0.3 is 0 Å². The van der Waals surface area contributed by atoms with Crippen LogP contribution in [0.1, 0.15) is 23.7 Å². The number of fused-ring (bicyclic) bond motifs is 1. The third-order valence-electron chi connectivity index (χ3n) is 6.07. The summed E-state index contributed by atoms with van der Waals surface area (Å²) in [4.78, 5) is 22.3. The molecule has 0 atom stereocenters. The molecule has 4 aromatic rings. The summed E-state index contributed by atoms with van der Waals surface area (Å²) in [6.07, 6.45) is 0.757. The molecular formula is C28H32N4O4S2. The van der Waals surface area contributed by atoms with Gasteiger partial charge in [-0.25, -0.2) is 13.4 Å². The minimum atomic E-state index is -3.79. The van der Waals surface area contributed by atoms with Crippen molar-refractivity contribution < 1.29 is 17.9 Å². The Bertz CT molecular complexity index is 1490. The molecule has 0 fully saturated rings. The largest absolute Gasteiger partial charge is 0.497 e. The molecule has 0 spiro atoms. The lowest BCUT2D eigenvalue weighted by molar-refractivity contribution is 0.0986. The van der Waals surface area contributed by atoms with Crippen molar-refractivity contribution in [1.82, 2.24) is 9.88 Å². The topological polar surface area (TPSA) is 83.1 Å². The van der Waals surface area contributed by atoms with E-state index in [1.165, 1.54) is 27.8 Å². The van der Waals surface area contributed by atoms with Crippen molar-refractivity contribution in [3.05, 3.63) is 78.4 Å². The molecule has 0 saturated heterocycles. The van der Waals surface area contributed by atoms with Gasteiger partial charge in [0.25, 0.3) is 15.9 Å². The third kappa shape index (κ3) is 5.98. The Labute approximate surface area is 228 Å². The first kappa shape index (κ1) is 27.6. The zero-order chi connectivity index (χ0) is 27.3. The van der Waals surface area contributed by atoms with Crippen LogP contribution in [0, 0.1) is 0 Å². The number of methoxy groups -OCH3 is 1. The lowest BCUT2D eigenvalue weighted by Crippen LogP contribution is -2.33. The first-order chi connectivity index (χ1) is 18.2. The zero-order valence-corrected chi connectivity index (χ0v) is 23.6. The molecule has 0 aliphatic heterocycles. The summed E-state index contributed by atoms with van der Waals surface area (Å²) in [5.74, 6) is 0.474. The van der Waals surface area contributed by atoms with Crippen LogP contribution in [0.4, 0.5) is 10.8 Å². The number of aromatic nitrogens is 1. The molecule has 1 heterocycles. The van der Waals surface area contributed by atoms with E-state index >= 15 is 0 Å². The van der Waals surface area contributed by atoms with E-state index in [0.717, 1.165) is 23.2 Å². The molecule has 4 rings (SSSR count). The van der Waals surface area contributed by atoms with E-state index in [1.54, 1.807) is 55.3 Å². The maximum absolute atomic E-state index is 13.7.